The predicted octanol–water partition coefficient (Wildman–Crippen LogP) is 0.175. The molecular weight excluding hydrogens is 232 g/mol. The average Bonchev–Trinajstić information content (AvgIpc) is 2.37. The lowest BCUT2D eigenvalue weighted by atomic mass is 9.92. The number of nitrogens with two attached hydrogens (primary N) is 2. The third-order valence-corrected chi connectivity index (χ3v) is 2.79. The average molecular weight is 250 g/mol. The van der Waals surface area contributed by atoms with Crippen molar-refractivity contribution < 1.29 is 14.7 Å². The summed E-state index contributed by atoms with van der Waals surface area (Å²) in [5.74, 6) is -2.05. The number of carbonyl (C=O) groups is 2. The predicted molar refractivity (Wildman–Crippen MR) is 67.9 cm³/mol. The van der Waals surface area contributed by atoms with Crippen LogP contribution in [0.15, 0.2) is 30.3 Å². The Balaban J connectivity index is 2.67. The van der Waals surface area contributed by atoms with Gasteiger partial charge in [-0.15, -0.1) is 0 Å². The zero-order valence-electron chi connectivity index (χ0n) is 10.1. The van der Waals surface area contributed by atoms with E-state index in [4.69, 9.17) is 16.6 Å². The van der Waals surface area contributed by atoms with Gasteiger partial charge < -0.3 is 16.6 Å². The summed E-state index contributed by atoms with van der Waals surface area (Å²) in [4.78, 5) is 22.7. The maximum Gasteiger partial charge on any atom is 0.307 e. The first-order chi connectivity index (χ1) is 8.54. The summed E-state index contributed by atoms with van der Waals surface area (Å²) in [7, 11) is 0. The maximum atomic E-state index is 11.6. The molecule has 0 saturated heterocycles. The molecule has 5 heteroatoms. The molecule has 0 aromatic heterocycles. The van der Waals surface area contributed by atoms with Crippen molar-refractivity contribution in [1.82, 2.24) is 0 Å². The summed E-state index contributed by atoms with van der Waals surface area (Å²) in [6.07, 6.45) is 0.238. The van der Waals surface area contributed by atoms with E-state index in [1.807, 2.05) is 30.3 Å². The van der Waals surface area contributed by atoms with Gasteiger partial charge in [-0.1, -0.05) is 30.3 Å². The van der Waals surface area contributed by atoms with Crippen molar-refractivity contribution in [3.05, 3.63) is 35.9 Å². The van der Waals surface area contributed by atoms with Gasteiger partial charge in [0.1, 0.15) is 0 Å². The van der Waals surface area contributed by atoms with Crippen LogP contribution in [-0.4, -0.2) is 29.4 Å². The largest absolute Gasteiger partial charge is 0.481 e. The molecule has 5 nitrogen and oxygen atoms in total. The molecule has 0 aliphatic carbocycles. The van der Waals surface area contributed by atoms with E-state index in [0.717, 1.165) is 5.56 Å². The molecule has 18 heavy (non-hydrogen) atoms. The highest BCUT2D eigenvalue weighted by Crippen LogP contribution is 2.13. The summed E-state index contributed by atoms with van der Waals surface area (Å²) in [6.45, 7) is 0.0382. The third kappa shape index (κ3) is 4.27. The van der Waals surface area contributed by atoms with E-state index in [1.54, 1.807) is 0 Å². The molecule has 2 atom stereocenters. The van der Waals surface area contributed by atoms with Crippen LogP contribution in [0.25, 0.3) is 0 Å². The topological polar surface area (TPSA) is 106 Å². The number of hydrogen-bond donors (Lipinski definition) is 3. The number of aliphatic carboxylic acids is 1. The van der Waals surface area contributed by atoms with Gasteiger partial charge >= 0.3 is 5.97 Å². The number of hydrogen-bond acceptors (Lipinski definition) is 4. The number of Topliss-reactive ketones (excluding diaryl/α,β-unsaturated/α-hetero) is 1. The fourth-order valence-electron chi connectivity index (χ4n) is 1.67. The Bertz CT molecular complexity index is 406. The van der Waals surface area contributed by atoms with E-state index in [0.29, 0.717) is 6.42 Å². The van der Waals surface area contributed by atoms with E-state index in [9.17, 15) is 9.59 Å². The van der Waals surface area contributed by atoms with Gasteiger partial charge in [-0.2, -0.15) is 0 Å². The Morgan fingerprint density at radius 3 is 2.33 bits per heavy atom. The number of carboxylic acids is 1. The number of carbonyl (C=O) groups excluding carboxylic acids is 1. The van der Waals surface area contributed by atoms with Gasteiger partial charge in [-0.3, -0.25) is 9.59 Å². The third-order valence-electron chi connectivity index (χ3n) is 2.79. The van der Waals surface area contributed by atoms with Gasteiger partial charge in [-0.25, -0.2) is 0 Å². The molecule has 0 unspecified atom stereocenters. The van der Waals surface area contributed by atoms with E-state index in [1.165, 1.54) is 0 Å². The molecule has 0 amide bonds. The van der Waals surface area contributed by atoms with Crippen molar-refractivity contribution in [3.8, 4) is 0 Å². The van der Waals surface area contributed by atoms with Crippen LogP contribution in [0.3, 0.4) is 0 Å². The molecule has 1 rings (SSSR count). The molecule has 0 aliphatic rings. The normalized spacial score (nSPS) is 13.9. The number of benzene rings is 1. The fourth-order valence-corrected chi connectivity index (χ4v) is 1.67. The number of ketones is 1. The van der Waals surface area contributed by atoms with Crippen molar-refractivity contribution >= 4 is 11.8 Å². The smallest absolute Gasteiger partial charge is 0.307 e. The number of carboxylic acid groups (broad SMARTS) is 1. The lowest BCUT2D eigenvalue weighted by Crippen LogP contribution is -2.39. The Morgan fingerprint density at radius 1 is 1.22 bits per heavy atom. The monoisotopic (exact) mass is 250 g/mol. The minimum absolute atomic E-state index is 0.0382. The molecular formula is C13H18N2O3. The van der Waals surface area contributed by atoms with Gasteiger partial charge in [0.2, 0.25) is 0 Å². The summed E-state index contributed by atoms with van der Waals surface area (Å²) in [6, 6.07) is 8.42. The Labute approximate surface area is 106 Å². The molecule has 5 N–H and O–H groups in total. The molecule has 98 valence electrons. The van der Waals surface area contributed by atoms with Crippen LogP contribution >= 0.6 is 0 Å². The molecule has 0 fully saturated rings. The second-order valence-corrected chi connectivity index (χ2v) is 4.24. The molecule has 0 radical (unpaired) electrons. The lowest BCUT2D eigenvalue weighted by molar-refractivity contribution is -0.143. The van der Waals surface area contributed by atoms with Crippen LogP contribution in [0.2, 0.25) is 0 Å². The minimum Gasteiger partial charge on any atom is -0.481 e. The molecule has 0 aliphatic heterocycles. The van der Waals surface area contributed by atoms with Crippen molar-refractivity contribution in [2.75, 3.05) is 6.54 Å². The quantitative estimate of drug-likeness (QED) is 0.639. The summed E-state index contributed by atoms with van der Waals surface area (Å²) in [5.41, 5.74) is 11.7. The van der Waals surface area contributed by atoms with Crippen LogP contribution in [0.4, 0.5) is 0 Å². The highest BCUT2D eigenvalue weighted by atomic mass is 16.4. The van der Waals surface area contributed by atoms with Crippen molar-refractivity contribution in [2.45, 2.75) is 18.9 Å². The lowest BCUT2D eigenvalue weighted by Gasteiger charge is -2.14. The van der Waals surface area contributed by atoms with Gasteiger partial charge in [0.25, 0.3) is 0 Å². The molecule has 0 saturated carbocycles. The van der Waals surface area contributed by atoms with E-state index in [2.05, 4.69) is 0 Å². The zero-order valence-corrected chi connectivity index (χ0v) is 10.1. The van der Waals surface area contributed by atoms with Crippen LogP contribution < -0.4 is 11.5 Å². The van der Waals surface area contributed by atoms with Crippen LogP contribution in [0.5, 0.6) is 0 Å². The summed E-state index contributed by atoms with van der Waals surface area (Å²) >= 11 is 0. The van der Waals surface area contributed by atoms with Crippen LogP contribution in [0.1, 0.15) is 12.0 Å². The summed E-state index contributed by atoms with van der Waals surface area (Å²) < 4.78 is 0. The van der Waals surface area contributed by atoms with E-state index < -0.39 is 17.9 Å². The minimum atomic E-state index is -0.989. The summed E-state index contributed by atoms with van der Waals surface area (Å²) in [5, 5.41) is 9.11. The van der Waals surface area contributed by atoms with Gasteiger partial charge in [-0.05, 0) is 12.0 Å². The highest BCUT2D eigenvalue weighted by Gasteiger charge is 2.24. The number of rotatable bonds is 7. The molecule has 1 aromatic carbocycles. The molecule has 0 heterocycles. The molecule has 1 aromatic rings. The van der Waals surface area contributed by atoms with E-state index in [-0.39, 0.29) is 18.7 Å². The van der Waals surface area contributed by atoms with Crippen LogP contribution in [-0.2, 0) is 16.0 Å². The van der Waals surface area contributed by atoms with Gasteiger partial charge in [0.15, 0.2) is 5.78 Å². The SMILES string of the molecule is NC[C@H](N)C(=O)C[C@@H](Cc1ccccc1)C(=O)O. The Morgan fingerprint density at radius 2 is 1.83 bits per heavy atom. The zero-order chi connectivity index (χ0) is 13.5. The standard InChI is InChI=1S/C13H18N2O3/c14-8-11(15)12(16)7-10(13(17)18)6-9-4-2-1-3-5-9/h1-5,10-11H,6-8,14-15H2,(H,17,18)/t10-,11+/m1/s1. The first-order valence-electron chi connectivity index (χ1n) is 5.79. The highest BCUT2D eigenvalue weighted by molar-refractivity contribution is 5.87. The first kappa shape index (κ1) is 14.3. The first-order valence-corrected chi connectivity index (χ1v) is 5.79. The fraction of sp³-hybridized carbons (Fsp3) is 0.385. The second kappa shape index (κ2) is 6.88. The van der Waals surface area contributed by atoms with Crippen molar-refractivity contribution in [1.29, 1.82) is 0 Å². The van der Waals surface area contributed by atoms with Gasteiger partial charge in [0.05, 0.1) is 12.0 Å². The van der Waals surface area contributed by atoms with Crippen molar-refractivity contribution in [3.63, 3.8) is 0 Å². The Kier molecular flexibility index (Phi) is 5.48. The van der Waals surface area contributed by atoms with Gasteiger partial charge in [0, 0.05) is 13.0 Å². The molecule has 0 spiro atoms. The van der Waals surface area contributed by atoms with Crippen molar-refractivity contribution in [2.24, 2.45) is 17.4 Å². The van der Waals surface area contributed by atoms with E-state index >= 15 is 0 Å². The molecule has 0 bridgehead atoms. The maximum absolute atomic E-state index is 11.6. The Hall–Kier alpha value is -1.72. The second-order valence-electron chi connectivity index (χ2n) is 4.24. The van der Waals surface area contributed by atoms with Crippen LogP contribution in [0, 0.1) is 5.92 Å².